The van der Waals surface area contributed by atoms with Crippen LogP contribution in [0, 0.1) is 20.8 Å². The molecule has 0 aliphatic rings. The fraction of sp³-hybridized carbons (Fsp3) is 0.200. The number of aryl methyl sites for hydroxylation is 3. The van der Waals surface area contributed by atoms with Crippen molar-refractivity contribution in [2.75, 3.05) is 5.32 Å². The van der Waals surface area contributed by atoms with E-state index < -0.39 is 0 Å². The quantitative estimate of drug-likeness (QED) is 0.682. The zero-order chi connectivity index (χ0) is 18.0. The van der Waals surface area contributed by atoms with Crippen LogP contribution >= 0.6 is 15.9 Å². The van der Waals surface area contributed by atoms with Crippen molar-refractivity contribution >= 4 is 27.5 Å². The number of rotatable bonds is 4. The maximum Gasteiger partial charge on any atom is 0.255 e. The monoisotopic (exact) mass is 397 g/mol. The number of hydrogen-bond donors (Lipinski definition) is 1. The lowest BCUT2D eigenvalue weighted by molar-refractivity contribution is 0.102. The van der Waals surface area contributed by atoms with Crippen LogP contribution in [0.1, 0.15) is 32.9 Å². The van der Waals surface area contributed by atoms with Crippen molar-refractivity contribution in [3.05, 3.63) is 81.1 Å². The molecule has 0 atom stereocenters. The zero-order valence-corrected chi connectivity index (χ0v) is 16.1. The molecule has 0 aliphatic carbocycles. The Morgan fingerprint density at radius 3 is 2.40 bits per heavy atom. The minimum Gasteiger partial charge on any atom is -0.322 e. The van der Waals surface area contributed by atoms with E-state index in [-0.39, 0.29) is 5.91 Å². The molecule has 1 heterocycles. The van der Waals surface area contributed by atoms with Gasteiger partial charge in [-0.1, -0.05) is 34.1 Å². The van der Waals surface area contributed by atoms with Crippen LogP contribution in [0.3, 0.4) is 0 Å². The van der Waals surface area contributed by atoms with Gasteiger partial charge in [0.05, 0.1) is 12.2 Å². The largest absolute Gasteiger partial charge is 0.322 e. The van der Waals surface area contributed by atoms with Crippen molar-refractivity contribution in [1.82, 2.24) is 9.78 Å². The Morgan fingerprint density at radius 1 is 1.08 bits per heavy atom. The molecule has 4 nitrogen and oxygen atoms in total. The summed E-state index contributed by atoms with van der Waals surface area (Å²) in [5.74, 6) is -0.117. The summed E-state index contributed by atoms with van der Waals surface area (Å²) in [5.41, 5.74) is 5.79. The van der Waals surface area contributed by atoms with Crippen LogP contribution in [-0.4, -0.2) is 15.7 Å². The second-order valence-electron chi connectivity index (χ2n) is 6.20. The number of aromatic nitrogens is 2. The van der Waals surface area contributed by atoms with Gasteiger partial charge < -0.3 is 5.32 Å². The first-order valence-electron chi connectivity index (χ1n) is 8.10. The normalized spacial score (nSPS) is 10.7. The molecular weight excluding hydrogens is 378 g/mol. The summed E-state index contributed by atoms with van der Waals surface area (Å²) >= 11 is 3.48. The Labute approximate surface area is 156 Å². The van der Waals surface area contributed by atoms with Gasteiger partial charge in [-0.05, 0) is 62.2 Å². The summed E-state index contributed by atoms with van der Waals surface area (Å²) in [5, 5.41) is 7.39. The Bertz CT molecular complexity index is 913. The summed E-state index contributed by atoms with van der Waals surface area (Å²) in [4.78, 5) is 12.4. The molecule has 2 aromatic carbocycles. The molecule has 0 fully saturated rings. The lowest BCUT2D eigenvalue weighted by Crippen LogP contribution is -2.12. The highest BCUT2D eigenvalue weighted by Gasteiger charge is 2.08. The highest BCUT2D eigenvalue weighted by atomic mass is 79.9. The molecule has 0 saturated heterocycles. The van der Waals surface area contributed by atoms with Crippen LogP contribution in [-0.2, 0) is 6.54 Å². The summed E-state index contributed by atoms with van der Waals surface area (Å²) in [6.07, 6.45) is 0. The van der Waals surface area contributed by atoms with Gasteiger partial charge in [0.1, 0.15) is 0 Å². The minimum absolute atomic E-state index is 0.117. The lowest BCUT2D eigenvalue weighted by Gasteiger charge is -2.08. The van der Waals surface area contributed by atoms with E-state index in [2.05, 4.69) is 32.4 Å². The SMILES string of the molecule is Cc1cc(C)n(Cc2ccc(C(=O)Nc3ccc(C)c(Br)c3)cc2)n1. The Hall–Kier alpha value is -2.40. The first-order valence-corrected chi connectivity index (χ1v) is 8.89. The second kappa shape index (κ2) is 7.23. The third-order valence-electron chi connectivity index (χ3n) is 4.08. The Balaban J connectivity index is 1.69. The molecule has 1 N–H and O–H groups in total. The summed E-state index contributed by atoms with van der Waals surface area (Å²) in [7, 11) is 0. The number of hydrogen-bond acceptors (Lipinski definition) is 2. The summed E-state index contributed by atoms with van der Waals surface area (Å²) in [6, 6.07) is 15.5. The van der Waals surface area contributed by atoms with Gasteiger partial charge in [-0.3, -0.25) is 9.48 Å². The minimum atomic E-state index is -0.117. The van der Waals surface area contributed by atoms with E-state index >= 15 is 0 Å². The van der Waals surface area contributed by atoms with Crippen molar-refractivity contribution in [2.24, 2.45) is 0 Å². The van der Waals surface area contributed by atoms with Gasteiger partial charge in [0, 0.05) is 21.4 Å². The van der Waals surface area contributed by atoms with Gasteiger partial charge in [-0.2, -0.15) is 5.10 Å². The molecule has 0 unspecified atom stereocenters. The second-order valence-corrected chi connectivity index (χ2v) is 7.05. The molecule has 0 bridgehead atoms. The number of halogens is 1. The molecule has 1 aromatic heterocycles. The maximum absolute atomic E-state index is 12.4. The smallest absolute Gasteiger partial charge is 0.255 e. The van der Waals surface area contributed by atoms with Gasteiger partial charge in [0.2, 0.25) is 0 Å². The van der Waals surface area contributed by atoms with Crippen molar-refractivity contribution in [3.63, 3.8) is 0 Å². The number of anilines is 1. The predicted molar refractivity (Wildman–Crippen MR) is 104 cm³/mol. The fourth-order valence-corrected chi connectivity index (χ4v) is 3.02. The van der Waals surface area contributed by atoms with E-state index in [1.54, 1.807) is 0 Å². The van der Waals surface area contributed by atoms with E-state index in [4.69, 9.17) is 0 Å². The highest BCUT2D eigenvalue weighted by molar-refractivity contribution is 9.10. The highest BCUT2D eigenvalue weighted by Crippen LogP contribution is 2.21. The fourth-order valence-electron chi connectivity index (χ4n) is 2.64. The van der Waals surface area contributed by atoms with Crippen LogP contribution in [0.4, 0.5) is 5.69 Å². The Kier molecular flexibility index (Phi) is 5.04. The molecule has 3 rings (SSSR count). The van der Waals surface area contributed by atoms with Crippen molar-refractivity contribution < 1.29 is 4.79 Å². The van der Waals surface area contributed by atoms with Gasteiger partial charge >= 0.3 is 0 Å². The number of nitrogens with zero attached hydrogens (tertiary/aromatic N) is 2. The number of nitrogens with one attached hydrogen (secondary N) is 1. The topological polar surface area (TPSA) is 46.9 Å². The first-order chi connectivity index (χ1) is 11.9. The van der Waals surface area contributed by atoms with Gasteiger partial charge in [0.25, 0.3) is 5.91 Å². The number of benzene rings is 2. The molecule has 25 heavy (non-hydrogen) atoms. The summed E-state index contributed by atoms with van der Waals surface area (Å²) < 4.78 is 2.94. The third kappa shape index (κ3) is 4.17. The molecule has 1 amide bonds. The average Bonchev–Trinajstić information content (AvgIpc) is 2.89. The number of amides is 1. The maximum atomic E-state index is 12.4. The van der Waals surface area contributed by atoms with E-state index in [1.165, 1.54) is 0 Å². The summed E-state index contributed by atoms with van der Waals surface area (Å²) in [6.45, 7) is 6.74. The molecular formula is C20H20BrN3O. The Morgan fingerprint density at radius 2 is 1.80 bits per heavy atom. The van der Waals surface area contributed by atoms with Crippen LogP contribution in [0.15, 0.2) is 53.0 Å². The molecule has 0 spiro atoms. The van der Waals surface area contributed by atoms with Crippen molar-refractivity contribution in [3.8, 4) is 0 Å². The van der Waals surface area contributed by atoms with Crippen molar-refractivity contribution in [2.45, 2.75) is 27.3 Å². The first kappa shape index (κ1) is 17.4. The van der Waals surface area contributed by atoms with Gasteiger partial charge in [0.15, 0.2) is 0 Å². The van der Waals surface area contributed by atoms with Gasteiger partial charge in [-0.25, -0.2) is 0 Å². The van der Waals surface area contributed by atoms with Crippen molar-refractivity contribution in [1.29, 1.82) is 0 Å². The molecule has 128 valence electrons. The molecule has 5 heteroatoms. The molecule has 0 saturated carbocycles. The van der Waals surface area contributed by atoms with Crippen LogP contribution in [0.25, 0.3) is 0 Å². The molecule has 3 aromatic rings. The predicted octanol–water partition coefficient (Wildman–Crippen LogP) is 4.87. The zero-order valence-electron chi connectivity index (χ0n) is 14.5. The van der Waals surface area contributed by atoms with Crippen LogP contribution in [0.5, 0.6) is 0 Å². The number of carbonyl (C=O) groups excluding carboxylic acids is 1. The van der Waals surface area contributed by atoms with E-state index in [0.29, 0.717) is 12.1 Å². The molecule has 0 radical (unpaired) electrons. The van der Waals surface area contributed by atoms with Gasteiger partial charge in [-0.15, -0.1) is 0 Å². The molecule has 0 aliphatic heterocycles. The van der Waals surface area contributed by atoms with Crippen LogP contribution < -0.4 is 5.32 Å². The van der Waals surface area contributed by atoms with E-state index in [0.717, 1.165) is 32.7 Å². The van der Waals surface area contributed by atoms with E-state index in [9.17, 15) is 4.79 Å². The van der Waals surface area contributed by atoms with E-state index in [1.807, 2.05) is 67.9 Å². The lowest BCUT2D eigenvalue weighted by atomic mass is 10.1. The number of carbonyl (C=O) groups is 1. The average molecular weight is 398 g/mol. The van der Waals surface area contributed by atoms with Crippen LogP contribution in [0.2, 0.25) is 0 Å². The standard InChI is InChI=1S/C20H20BrN3O/c1-13-4-9-18(11-19(13)21)22-20(25)17-7-5-16(6-8-17)12-24-15(3)10-14(2)23-24/h4-11H,12H2,1-3H3,(H,22,25). The third-order valence-corrected chi connectivity index (χ3v) is 4.94.